The predicted molar refractivity (Wildman–Crippen MR) is 83.5 cm³/mol. The monoisotopic (exact) mass is 291 g/mol. The van der Waals surface area contributed by atoms with Gasteiger partial charge in [-0.15, -0.1) is 15.3 Å². The van der Waals surface area contributed by atoms with Gasteiger partial charge in [0, 0.05) is 17.2 Å². The molecule has 1 fully saturated rings. The van der Waals surface area contributed by atoms with E-state index in [0.29, 0.717) is 0 Å². The molecule has 1 unspecified atom stereocenters. The fourth-order valence-electron chi connectivity index (χ4n) is 2.37. The van der Waals surface area contributed by atoms with E-state index in [2.05, 4.69) is 53.1 Å². The lowest BCUT2D eigenvalue weighted by atomic mass is 9.96. The molecular formula is C14H21N5S. The molecule has 3 heterocycles. The second-order valence-electron chi connectivity index (χ2n) is 6.28. The van der Waals surface area contributed by atoms with Crippen molar-refractivity contribution in [2.75, 3.05) is 17.6 Å². The molecule has 5 nitrogen and oxygen atoms in total. The first-order chi connectivity index (χ1) is 9.54. The quantitative estimate of drug-likeness (QED) is 0.942. The summed E-state index contributed by atoms with van der Waals surface area (Å²) in [5.74, 6) is 3.08. The number of anilines is 1. The average Bonchev–Trinajstić information content (AvgIpc) is 3.04. The van der Waals surface area contributed by atoms with Crippen molar-refractivity contribution < 1.29 is 0 Å². The van der Waals surface area contributed by atoms with Gasteiger partial charge in [-0.25, -0.2) is 0 Å². The molecule has 0 radical (unpaired) electrons. The molecule has 1 N–H and O–H groups in total. The molecule has 2 aromatic rings. The third kappa shape index (κ3) is 2.75. The summed E-state index contributed by atoms with van der Waals surface area (Å²) in [5, 5.41) is 17.2. The summed E-state index contributed by atoms with van der Waals surface area (Å²) < 4.78 is 1.85. The third-order valence-electron chi connectivity index (χ3n) is 3.47. The lowest BCUT2D eigenvalue weighted by molar-refractivity contribution is 0.527. The minimum absolute atomic E-state index is 0.0632. The average molecular weight is 291 g/mol. The molecule has 3 rings (SSSR count). The van der Waals surface area contributed by atoms with Crippen LogP contribution in [0.3, 0.4) is 0 Å². The first-order valence-electron chi connectivity index (χ1n) is 7.12. The Kier molecular flexibility index (Phi) is 3.58. The molecule has 0 spiro atoms. The van der Waals surface area contributed by atoms with Gasteiger partial charge < -0.3 is 5.32 Å². The highest BCUT2D eigenvalue weighted by Crippen LogP contribution is 2.26. The predicted octanol–water partition coefficient (Wildman–Crippen LogP) is 2.73. The molecule has 6 heteroatoms. The summed E-state index contributed by atoms with van der Waals surface area (Å²) in [6.45, 7) is 7.36. The first-order valence-corrected chi connectivity index (χ1v) is 8.17. The van der Waals surface area contributed by atoms with E-state index in [0.717, 1.165) is 29.1 Å². The topological polar surface area (TPSA) is 55.1 Å². The molecule has 1 saturated heterocycles. The Morgan fingerprint density at radius 3 is 2.90 bits per heavy atom. The van der Waals surface area contributed by atoms with Crippen LogP contribution in [0.15, 0.2) is 12.1 Å². The van der Waals surface area contributed by atoms with E-state index in [1.54, 1.807) is 0 Å². The van der Waals surface area contributed by atoms with Crippen molar-refractivity contribution in [3.8, 4) is 0 Å². The van der Waals surface area contributed by atoms with Crippen LogP contribution < -0.4 is 5.32 Å². The fraction of sp³-hybridized carbons (Fsp3) is 0.643. The second-order valence-corrected chi connectivity index (χ2v) is 7.69. The Hall–Kier alpha value is -1.30. The molecule has 1 aliphatic heterocycles. The molecule has 1 atom stereocenters. The van der Waals surface area contributed by atoms with E-state index in [4.69, 9.17) is 0 Å². The highest BCUT2D eigenvalue weighted by atomic mass is 32.2. The van der Waals surface area contributed by atoms with Crippen LogP contribution in [-0.4, -0.2) is 37.4 Å². The number of nitrogens with zero attached hydrogens (tertiary/aromatic N) is 4. The number of aromatic nitrogens is 4. The molecule has 108 valence electrons. The molecule has 20 heavy (non-hydrogen) atoms. The van der Waals surface area contributed by atoms with Gasteiger partial charge in [0.2, 0.25) is 0 Å². The maximum Gasteiger partial charge on any atom is 0.178 e. The summed E-state index contributed by atoms with van der Waals surface area (Å²) in [4.78, 5) is 0. The Bertz CT molecular complexity index is 595. The number of rotatable bonds is 3. The van der Waals surface area contributed by atoms with Crippen LogP contribution in [-0.2, 0) is 5.41 Å². The van der Waals surface area contributed by atoms with E-state index in [1.807, 2.05) is 16.6 Å². The number of thioether (sulfide) groups is 1. The fourth-order valence-corrected chi connectivity index (χ4v) is 3.58. The maximum absolute atomic E-state index is 4.63. The third-order valence-corrected chi connectivity index (χ3v) is 4.87. The standard InChI is InChI=1S/C14H21N5S/c1-14(2,3)13-17-16-12-7-6-11(18-19(12)13)15-9-10-5-4-8-20-10/h6-7,10H,4-5,8-9H2,1-3H3,(H,15,18). The molecule has 2 aromatic heterocycles. The number of hydrogen-bond acceptors (Lipinski definition) is 5. The van der Waals surface area contributed by atoms with Crippen LogP contribution in [0.5, 0.6) is 0 Å². The van der Waals surface area contributed by atoms with Crippen LogP contribution >= 0.6 is 11.8 Å². The molecule has 0 saturated carbocycles. The summed E-state index contributed by atoms with van der Waals surface area (Å²) in [5.41, 5.74) is 0.738. The minimum Gasteiger partial charge on any atom is -0.368 e. The van der Waals surface area contributed by atoms with Crippen molar-refractivity contribution in [3.05, 3.63) is 18.0 Å². The Labute approximate surface area is 123 Å². The molecule has 1 aliphatic rings. The van der Waals surface area contributed by atoms with Crippen molar-refractivity contribution in [1.82, 2.24) is 19.8 Å². The van der Waals surface area contributed by atoms with Crippen LogP contribution in [0.25, 0.3) is 5.65 Å². The summed E-state index contributed by atoms with van der Waals surface area (Å²) in [7, 11) is 0. The van der Waals surface area contributed by atoms with Crippen LogP contribution in [0, 0.1) is 0 Å². The Balaban J connectivity index is 1.81. The first kappa shape index (κ1) is 13.7. The molecule has 0 aliphatic carbocycles. The lowest BCUT2D eigenvalue weighted by Gasteiger charge is -2.15. The van der Waals surface area contributed by atoms with Gasteiger partial charge in [-0.2, -0.15) is 16.3 Å². The zero-order valence-electron chi connectivity index (χ0n) is 12.3. The van der Waals surface area contributed by atoms with E-state index in [9.17, 15) is 0 Å². The minimum atomic E-state index is -0.0632. The molecule has 0 amide bonds. The van der Waals surface area contributed by atoms with Gasteiger partial charge in [0.1, 0.15) is 5.82 Å². The smallest absolute Gasteiger partial charge is 0.178 e. The summed E-state index contributed by atoms with van der Waals surface area (Å²) in [6, 6.07) is 3.95. The van der Waals surface area contributed by atoms with E-state index in [1.165, 1.54) is 18.6 Å². The second kappa shape index (κ2) is 5.24. The molecule has 0 bridgehead atoms. The SMILES string of the molecule is CC(C)(C)c1nnc2ccc(NCC3CCCS3)nn12. The normalized spacial score (nSPS) is 19.6. The number of fused-ring (bicyclic) bond motifs is 1. The molecule has 0 aromatic carbocycles. The maximum atomic E-state index is 4.63. The van der Waals surface area contributed by atoms with Crippen LogP contribution in [0.2, 0.25) is 0 Å². The lowest BCUT2D eigenvalue weighted by Crippen LogP contribution is -2.19. The van der Waals surface area contributed by atoms with Gasteiger partial charge >= 0.3 is 0 Å². The highest BCUT2D eigenvalue weighted by Gasteiger charge is 2.22. The summed E-state index contributed by atoms with van der Waals surface area (Å²) in [6.07, 6.45) is 2.64. The van der Waals surface area contributed by atoms with Gasteiger partial charge in [0.25, 0.3) is 0 Å². The van der Waals surface area contributed by atoms with Crippen molar-refractivity contribution in [2.45, 2.75) is 44.3 Å². The number of hydrogen-bond donors (Lipinski definition) is 1. The van der Waals surface area contributed by atoms with Gasteiger partial charge in [-0.1, -0.05) is 20.8 Å². The van der Waals surface area contributed by atoms with Gasteiger partial charge in [-0.05, 0) is 30.7 Å². The summed E-state index contributed by atoms with van der Waals surface area (Å²) >= 11 is 2.05. The zero-order valence-corrected chi connectivity index (χ0v) is 13.1. The van der Waals surface area contributed by atoms with Crippen LogP contribution in [0.1, 0.15) is 39.4 Å². The Morgan fingerprint density at radius 1 is 1.35 bits per heavy atom. The van der Waals surface area contributed by atoms with Crippen LogP contribution in [0.4, 0.5) is 5.82 Å². The van der Waals surface area contributed by atoms with Crippen molar-refractivity contribution in [2.24, 2.45) is 0 Å². The van der Waals surface area contributed by atoms with E-state index >= 15 is 0 Å². The largest absolute Gasteiger partial charge is 0.368 e. The van der Waals surface area contributed by atoms with Crippen molar-refractivity contribution in [3.63, 3.8) is 0 Å². The van der Waals surface area contributed by atoms with Gasteiger partial charge in [0.15, 0.2) is 11.5 Å². The zero-order chi connectivity index (χ0) is 14.2. The van der Waals surface area contributed by atoms with Crippen molar-refractivity contribution in [1.29, 1.82) is 0 Å². The Morgan fingerprint density at radius 2 is 2.20 bits per heavy atom. The van der Waals surface area contributed by atoms with Crippen molar-refractivity contribution >= 4 is 23.2 Å². The molecular weight excluding hydrogens is 270 g/mol. The van der Waals surface area contributed by atoms with E-state index in [-0.39, 0.29) is 5.41 Å². The van der Waals surface area contributed by atoms with Gasteiger partial charge in [0.05, 0.1) is 0 Å². The van der Waals surface area contributed by atoms with Gasteiger partial charge in [-0.3, -0.25) is 0 Å². The highest BCUT2D eigenvalue weighted by molar-refractivity contribution is 8.00. The number of nitrogens with one attached hydrogen (secondary N) is 1. The van der Waals surface area contributed by atoms with E-state index < -0.39 is 0 Å².